The minimum Gasteiger partial charge on any atom is -0.371 e. The lowest BCUT2D eigenvalue weighted by molar-refractivity contribution is -0.0358. The Morgan fingerprint density at radius 2 is 1.65 bits per heavy atom. The number of carbonyl (C=O) groups is 1. The van der Waals surface area contributed by atoms with Crippen molar-refractivity contribution in [2.75, 3.05) is 37.6 Å². The van der Waals surface area contributed by atoms with Gasteiger partial charge >= 0.3 is 0 Å². The number of unbranched alkanes of at least 4 members (excludes halogenated alkanes) is 1. The van der Waals surface area contributed by atoms with Gasteiger partial charge in [-0.05, 0) is 74.2 Å². The number of likely N-dealkylation sites (tertiary alicyclic amines) is 1. The predicted molar refractivity (Wildman–Crippen MR) is 108 cm³/mol. The van der Waals surface area contributed by atoms with Gasteiger partial charge in [-0.1, -0.05) is 26.2 Å². The molecule has 1 aromatic rings. The second kappa shape index (κ2) is 7.34. The number of Topliss-reactive ketones (excluding diaryl/α,β-unsaturated/α-hetero) is 1. The van der Waals surface area contributed by atoms with Crippen LogP contribution >= 0.6 is 0 Å². The Hall–Kier alpha value is -1.35. The van der Waals surface area contributed by atoms with Crippen molar-refractivity contribution in [3.63, 3.8) is 0 Å². The fourth-order valence-electron chi connectivity index (χ4n) is 6.01. The van der Waals surface area contributed by atoms with Crippen LogP contribution in [0.2, 0.25) is 0 Å². The minimum absolute atomic E-state index is 0.156. The number of anilines is 1. The van der Waals surface area contributed by atoms with Crippen LogP contribution in [0.1, 0.15) is 62.7 Å². The van der Waals surface area contributed by atoms with E-state index in [1.807, 2.05) is 12.1 Å². The molecule has 1 aliphatic carbocycles. The van der Waals surface area contributed by atoms with Crippen molar-refractivity contribution in [2.45, 2.75) is 52.4 Å². The molecule has 1 saturated carbocycles. The molecule has 1 aromatic carbocycles. The highest BCUT2D eigenvalue weighted by molar-refractivity contribution is 5.94. The zero-order chi connectivity index (χ0) is 18.1. The maximum atomic E-state index is 11.6. The van der Waals surface area contributed by atoms with Crippen LogP contribution in [0, 0.1) is 17.3 Å². The molecule has 2 aliphatic heterocycles. The number of rotatable bonds is 5. The molecule has 0 N–H and O–H groups in total. The van der Waals surface area contributed by atoms with Crippen molar-refractivity contribution < 1.29 is 4.79 Å². The molecule has 0 aromatic heterocycles. The summed E-state index contributed by atoms with van der Waals surface area (Å²) in [7, 11) is 0. The Morgan fingerprint density at radius 3 is 2.19 bits per heavy atom. The standard InChI is InChI=1S/C23H34N2O/c1-3-4-13-24-14-20-16-25(22-9-7-19(8-10-22)18(2)26)17-21(15-24)23(20)11-5-6-12-23/h7-10,20-21H,3-6,11-17H2,1-2H3. The second-order valence-corrected chi connectivity index (χ2v) is 8.96. The SMILES string of the molecule is CCCCN1CC2CN(c3ccc(C(C)=O)cc3)CC(C1)C21CCCC1. The molecular weight excluding hydrogens is 320 g/mol. The van der Waals surface area contributed by atoms with E-state index in [9.17, 15) is 4.79 Å². The maximum Gasteiger partial charge on any atom is 0.159 e. The van der Waals surface area contributed by atoms with Crippen molar-refractivity contribution >= 4 is 11.5 Å². The van der Waals surface area contributed by atoms with Crippen LogP contribution in [0.15, 0.2) is 24.3 Å². The summed E-state index contributed by atoms with van der Waals surface area (Å²) in [5.41, 5.74) is 2.75. The molecule has 3 fully saturated rings. The normalized spacial score (nSPS) is 27.8. The largest absolute Gasteiger partial charge is 0.371 e. The van der Waals surface area contributed by atoms with Gasteiger partial charge in [0.25, 0.3) is 0 Å². The monoisotopic (exact) mass is 354 g/mol. The average Bonchev–Trinajstić information content (AvgIpc) is 3.10. The molecule has 0 amide bonds. The third kappa shape index (κ3) is 3.19. The van der Waals surface area contributed by atoms with Gasteiger partial charge in [0.1, 0.15) is 0 Å². The Bertz CT molecular complexity index is 614. The molecule has 2 saturated heterocycles. The fraction of sp³-hybridized carbons (Fsp3) is 0.696. The van der Waals surface area contributed by atoms with E-state index in [0.29, 0.717) is 5.41 Å². The number of benzene rings is 1. The van der Waals surface area contributed by atoms with Crippen LogP contribution in [-0.4, -0.2) is 43.4 Å². The Labute approximate surface area is 158 Å². The summed E-state index contributed by atoms with van der Waals surface area (Å²) in [6.07, 6.45) is 8.43. The molecule has 0 radical (unpaired) electrons. The molecule has 1 spiro atoms. The van der Waals surface area contributed by atoms with Gasteiger partial charge in [0, 0.05) is 37.4 Å². The zero-order valence-electron chi connectivity index (χ0n) is 16.5. The first-order valence-corrected chi connectivity index (χ1v) is 10.7. The number of carbonyl (C=O) groups excluding carboxylic acids is 1. The Balaban J connectivity index is 1.53. The molecule has 3 nitrogen and oxygen atoms in total. The van der Waals surface area contributed by atoms with Gasteiger partial charge in [0.2, 0.25) is 0 Å². The number of piperidine rings is 2. The van der Waals surface area contributed by atoms with Crippen molar-refractivity contribution in [1.29, 1.82) is 0 Å². The van der Waals surface area contributed by atoms with E-state index in [0.717, 1.165) is 17.4 Å². The van der Waals surface area contributed by atoms with E-state index in [1.54, 1.807) is 6.92 Å². The molecule has 2 atom stereocenters. The third-order valence-corrected chi connectivity index (χ3v) is 7.47. The summed E-state index contributed by atoms with van der Waals surface area (Å²) in [4.78, 5) is 16.9. The summed E-state index contributed by atoms with van der Waals surface area (Å²) in [6.45, 7) is 10.2. The highest BCUT2D eigenvalue weighted by atomic mass is 16.1. The summed E-state index contributed by atoms with van der Waals surface area (Å²) in [5, 5.41) is 0. The minimum atomic E-state index is 0.156. The number of ketones is 1. The zero-order valence-corrected chi connectivity index (χ0v) is 16.5. The topological polar surface area (TPSA) is 23.6 Å². The van der Waals surface area contributed by atoms with E-state index < -0.39 is 0 Å². The summed E-state index contributed by atoms with van der Waals surface area (Å²) in [6, 6.07) is 8.32. The van der Waals surface area contributed by atoms with Gasteiger partial charge in [-0.2, -0.15) is 0 Å². The molecule has 3 aliphatic rings. The van der Waals surface area contributed by atoms with Gasteiger partial charge in [-0.25, -0.2) is 0 Å². The molecular formula is C23H34N2O. The predicted octanol–water partition coefficient (Wildman–Crippen LogP) is 4.62. The molecule has 2 unspecified atom stereocenters. The smallest absolute Gasteiger partial charge is 0.159 e. The lowest BCUT2D eigenvalue weighted by atomic mass is 9.60. The third-order valence-electron chi connectivity index (χ3n) is 7.47. The van der Waals surface area contributed by atoms with Crippen molar-refractivity contribution in [1.82, 2.24) is 4.90 Å². The number of hydrogen-bond acceptors (Lipinski definition) is 3. The molecule has 142 valence electrons. The van der Waals surface area contributed by atoms with Crippen LogP contribution in [0.4, 0.5) is 5.69 Å². The van der Waals surface area contributed by atoms with Crippen molar-refractivity contribution in [2.24, 2.45) is 17.3 Å². The molecule has 3 heteroatoms. The maximum absolute atomic E-state index is 11.6. The van der Waals surface area contributed by atoms with Crippen LogP contribution in [-0.2, 0) is 0 Å². The van der Waals surface area contributed by atoms with Crippen LogP contribution in [0.5, 0.6) is 0 Å². The lowest BCUT2D eigenvalue weighted by Crippen LogP contribution is -2.62. The summed E-state index contributed by atoms with van der Waals surface area (Å²) < 4.78 is 0. The molecule has 4 rings (SSSR count). The lowest BCUT2D eigenvalue weighted by Gasteiger charge is -2.58. The van der Waals surface area contributed by atoms with E-state index in [2.05, 4.69) is 28.9 Å². The van der Waals surface area contributed by atoms with E-state index in [-0.39, 0.29) is 5.78 Å². The number of nitrogens with zero attached hydrogens (tertiary/aromatic N) is 2. The Morgan fingerprint density at radius 1 is 1.04 bits per heavy atom. The van der Waals surface area contributed by atoms with E-state index >= 15 is 0 Å². The van der Waals surface area contributed by atoms with E-state index in [4.69, 9.17) is 0 Å². The average molecular weight is 355 g/mol. The first kappa shape index (κ1) is 18.0. The summed E-state index contributed by atoms with van der Waals surface area (Å²) >= 11 is 0. The van der Waals surface area contributed by atoms with Crippen LogP contribution in [0.25, 0.3) is 0 Å². The van der Waals surface area contributed by atoms with Crippen molar-refractivity contribution in [3.8, 4) is 0 Å². The van der Waals surface area contributed by atoms with E-state index in [1.165, 1.54) is 76.9 Å². The highest BCUT2D eigenvalue weighted by Gasteiger charge is 2.53. The highest BCUT2D eigenvalue weighted by Crippen LogP contribution is 2.55. The van der Waals surface area contributed by atoms with Gasteiger partial charge in [0.15, 0.2) is 5.78 Å². The number of hydrogen-bond donors (Lipinski definition) is 0. The van der Waals surface area contributed by atoms with Gasteiger partial charge in [-0.15, -0.1) is 0 Å². The molecule has 2 bridgehead atoms. The molecule has 2 heterocycles. The Kier molecular flexibility index (Phi) is 5.09. The van der Waals surface area contributed by atoms with Crippen LogP contribution < -0.4 is 4.90 Å². The first-order valence-electron chi connectivity index (χ1n) is 10.7. The molecule has 26 heavy (non-hydrogen) atoms. The first-order chi connectivity index (χ1) is 12.6. The van der Waals surface area contributed by atoms with Crippen LogP contribution in [0.3, 0.4) is 0 Å². The second-order valence-electron chi connectivity index (χ2n) is 8.96. The van der Waals surface area contributed by atoms with Crippen molar-refractivity contribution in [3.05, 3.63) is 29.8 Å². The van der Waals surface area contributed by atoms with Gasteiger partial charge in [-0.3, -0.25) is 4.79 Å². The fourth-order valence-corrected chi connectivity index (χ4v) is 6.01. The summed E-state index contributed by atoms with van der Waals surface area (Å²) in [5.74, 6) is 1.77. The quantitative estimate of drug-likeness (QED) is 0.721. The van der Waals surface area contributed by atoms with Gasteiger partial charge < -0.3 is 9.80 Å². The van der Waals surface area contributed by atoms with Gasteiger partial charge in [0.05, 0.1) is 0 Å².